The molecule has 0 unspecified atom stereocenters. The molecule has 1 atom stereocenters. The maximum Gasteiger partial charge on any atom is 0.260 e. The van der Waals surface area contributed by atoms with Crippen LogP contribution in [0.25, 0.3) is 0 Å². The molecule has 4 rings (SSSR count). The van der Waals surface area contributed by atoms with E-state index in [2.05, 4.69) is 9.80 Å². The molecule has 9 nitrogen and oxygen atoms in total. The van der Waals surface area contributed by atoms with Crippen LogP contribution in [0.5, 0.6) is 5.75 Å². The Balaban J connectivity index is 1.38. The maximum absolute atomic E-state index is 13.2. The molecule has 208 valence electrons. The van der Waals surface area contributed by atoms with Gasteiger partial charge in [0.05, 0.1) is 33.0 Å². The molecule has 0 bridgehead atoms. The number of aliphatic hydroxyl groups excluding tert-OH is 1. The molecule has 1 amide bonds. The predicted octanol–water partition coefficient (Wildman–Crippen LogP) is 2.42. The van der Waals surface area contributed by atoms with E-state index in [0.29, 0.717) is 50.6 Å². The van der Waals surface area contributed by atoms with E-state index >= 15 is 0 Å². The van der Waals surface area contributed by atoms with E-state index in [1.165, 1.54) is 16.4 Å². The number of aliphatic hydroxyl groups is 1. The minimum absolute atomic E-state index is 0.0341. The highest BCUT2D eigenvalue weighted by Crippen LogP contribution is 2.34. The summed E-state index contributed by atoms with van der Waals surface area (Å²) in [5.41, 5.74) is 0. The lowest BCUT2D eigenvalue weighted by molar-refractivity contribution is -0.138. The Bertz CT molecular complexity index is 1050. The molecule has 0 aliphatic carbocycles. The van der Waals surface area contributed by atoms with Crippen LogP contribution in [0.3, 0.4) is 0 Å². The number of nitrogens with zero attached hydrogens (tertiary/aromatic N) is 4. The SMILES string of the molecule is O=C(COc1cc(Cl)c(Cl)cc1Cl)N1CCN(S(=O)(=O)CCN2CCC(O)CC2)C[C@@H]1CN1CCCC1. The number of hydrogen-bond acceptors (Lipinski definition) is 7. The van der Waals surface area contributed by atoms with Gasteiger partial charge in [0, 0.05) is 51.9 Å². The van der Waals surface area contributed by atoms with Crippen molar-refractivity contribution < 1.29 is 23.1 Å². The lowest BCUT2D eigenvalue weighted by atomic mass is 10.1. The number of carbonyl (C=O) groups is 1. The molecule has 1 N–H and O–H groups in total. The Hall–Kier alpha value is -0.850. The van der Waals surface area contributed by atoms with Crippen LogP contribution in [0.1, 0.15) is 25.7 Å². The Morgan fingerprint density at radius 1 is 0.946 bits per heavy atom. The van der Waals surface area contributed by atoms with Gasteiger partial charge in [0.15, 0.2) is 6.61 Å². The number of rotatable bonds is 9. The molecule has 0 spiro atoms. The second kappa shape index (κ2) is 13.0. The average molecular weight is 598 g/mol. The van der Waals surface area contributed by atoms with Gasteiger partial charge in [-0.1, -0.05) is 34.8 Å². The van der Waals surface area contributed by atoms with E-state index in [9.17, 15) is 18.3 Å². The van der Waals surface area contributed by atoms with E-state index < -0.39 is 10.0 Å². The van der Waals surface area contributed by atoms with Crippen LogP contribution in [0.2, 0.25) is 15.1 Å². The van der Waals surface area contributed by atoms with Crippen molar-refractivity contribution in [3.8, 4) is 5.75 Å². The fourth-order valence-electron chi connectivity index (χ4n) is 5.18. The van der Waals surface area contributed by atoms with Crippen LogP contribution in [-0.4, -0.2) is 122 Å². The van der Waals surface area contributed by atoms with E-state index in [1.54, 1.807) is 4.90 Å². The van der Waals surface area contributed by atoms with Gasteiger partial charge in [0.25, 0.3) is 5.91 Å². The van der Waals surface area contributed by atoms with Crippen molar-refractivity contribution in [3.05, 3.63) is 27.2 Å². The van der Waals surface area contributed by atoms with E-state index in [4.69, 9.17) is 39.5 Å². The Morgan fingerprint density at radius 2 is 1.62 bits per heavy atom. The molecule has 3 fully saturated rings. The van der Waals surface area contributed by atoms with Crippen LogP contribution < -0.4 is 4.74 Å². The van der Waals surface area contributed by atoms with Gasteiger partial charge in [-0.3, -0.25) is 4.79 Å². The van der Waals surface area contributed by atoms with Gasteiger partial charge >= 0.3 is 0 Å². The van der Waals surface area contributed by atoms with Gasteiger partial charge in [-0.05, 0) is 44.8 Å². The standard InChI is InChI=1S/C24H35Cl3N4O5S/c25-20-13-22(27)23(14-21(20)26)36-17-24(33)31-10-9-30(16-18(31)15-29-5-1-2-6-29)37(34,35)12-11-28-7-3-19(32)4-8-28/h13-14,18-19,32H,1-12,15-17H2/t18-/m0/s1. The van der Waals surface area contributed by atoms with Gasteiger partial charge in [-0.2, -0.15) is 4.31 Å². The zero-order valence-electron chi connectivity index (χ0n) is 20.8. The number of piperidine rings is 1. The summed E-state index contributed by atoms with van der Waals surface area (Å²) in [5.74, 6) is 0.0779. The van der Waals surface area contributed by atoms with Crippen LogP contribution >= 0.6 is 34.8 Å². The molecule has 0 radical (unpaired) electrons. The lowest BCUT2D eigenvalue weighted by Gasteiger charge is -2.42. The summed E-state index contributed by atoms with van der Waals surface area (Å²) in [4.78, 5) is 19.3. The lowest BCUT2D eigenvalue weighted by Crippen LogP contribution is -2.60. The number of piperazine rings is 1. The fraction of sp³-hybridized carbons (Fsp3) is 0.708. The predicted molar refractivity (Wildman–Crippen MR) is 145 cm³/mol. The van der Waals surface area contributed by atoms with Gasteiger partial charge in [0.2, 0.25) is 10.0 Å². The Morgan fingerprint density at radius 3 is 2.32 bits per heavy atom. The first-order valence-corrected chi connectivity index (χ1v) is 15.5. The summed E-state index contributed by atoms with van der Waals surface area (Å²) in [5, 5.41) is 10.5. The number of amides is 1. The molecule has 37 heavy (non-hydrogen) atoms. The quantitative estimate of drug-likeness (QED) is 0.437. The summed E-state index contributed by atoms with van der Waals surface area (Å²) < 4.78 is 33.7. The Labute approximate surface area is 234 Å². The molecule has 3 aliphatic rings. The number of ether oxygens (including phenoxy) is 1. The second-order valence-corrected chi connectivity index (χ2v) is 13.3. The highest BCUT2D eigenvalue weighted by molar-refractivity contribution is 7.89. The highest BCUT2D eigenvalue weighted by atomic mass is 35.5. The number of halogens is 3. The number of benzene rings is 1. The molecular formula is C24H35Cl3N4O5S. The first-order chi connectivity index (χ1) is 17.6. The molecule has 0 aromatic heterocycles. The number of carbonyl (C=O) groups excluding carboxylic acids is 1. The third kappa shape index (κ3) is 7.85. The molecule has 3 aliphatic heterocycles. The van der Waals surface area contributed by atoms with Crippen LogP contribution in [0, 0.1) is 0 Å². The smallest absolute Gasteiger partial charge is 0.260 e. The Kier molecular flexibility index (Phi) is 10.2. The fourth-order valence-corrected chi connectivity index (χ4v) is 7.28. The monoisotopic (exact) mass is 596 g/mol. The van der Waals surface area contributed by atoms with Crippen LogP contribution in [0.15, 0.2) is 12.1 Å². The third-order valence-electron chi connectivity index (χ3n) is 7.38. The molecule has 1 aromatic carbocycles. The van der Waals surface area contributed by atoms with Crippen molar-refractivity contribution in [1.82, 2.24) is 19.0 Å². The van der Waals surface area contributed by atoms with Crippen LogP contribution in [-0.2, 0) is 14.8 Å². The van der Waals surface area contributed by atoms with Gasteiger partial charge in [0.1, 0.15) is 5.75 Å². The molecule has 0 saturated carbocycles. The van der Waals surface area contributed by atoms with Crippen LogP contribution in [0.4, 0.5) is 0 Å². The number of likely N-dealkylation sites (tertiary alicyclic amines) is 2. The van der Waals surface area contributed by atoms with Crippen molar-refractivity contribution in [1.29, 1.82) is 0 Å². The molecule has 3 heterocycles. The van der Waals surface area contributed by atoms with Crippen molar-refractivity contribution in [2.24, 2.45) is 0 Å². The number of hydrogen-bond donors (Lipinski definition) is 1. The highest BCUT2D eigenvalue weighted by Gasteiger charge is 2.37. The molecule has 1 aromatic rings. The van der Waals surface area contributed by atoms with E-state index in [-0.39, 0.29) is 59.3 Å². The zero-order valence-corrected chi connectivity index (χ0v) is 23.9. The largest absolute Gasteiger partial charge is 0.482 e. The molecule has 3 saturated heterocycles. The first-order valence-electron chi connectivity index (χ1n) is 12.8. The van der Waals surface area contributed by atoms with Crippen molar-refractivity contribution in [3.63, 3.8) is 0 Å². The normalized spacial score (nSPS) is 23.0. The van der Waals surface area contributed by atoms with E-state index in [0.717, 1.165) is 25.9 Å². The minimum atomic E-state index is -3.48. The summed E-state index contributed by atoms with van der Waals surface area (Å²) in [7, 11) is -3.48. The van der Waals surface area contributed by atoms with Gasteiger partial charge in [-0.25, -0.2) is 8.42 Å². The maximum atomic E-state index is 13.2. The first kappa shape index (κ1) is 29.1. The van der Waals surface area contributed by atoms with Gasteiger partial charge in [-0.15, -0.1) is 0 Å². The topological polar surface area (TPSA) is 93.6 Å². The van der Waals surface area contributed by atoms with Crippen molar-refractivity contribution >= 4 is 50.7 Å². The molecule has 13 heteroatoms. The van der Waals surface area contributed by atoms with Crippen molar-refractivity contribution in [2.75, 3.05) is 71.3 Å². The summed E-state index contributed by atoms with van der Waals surface area (Å²) in [6.45, 7) is 4.95. The summed E-state index contributed by atoms with van der Waals surface area (Å²) in [6, 6.07) is 2.68. The zero-order chi connectivity index (χ0) is 26.6. The second-order valence-electron chi connectivity index (χ2n) is 9.98. The average Bonchev–Trinajstić information content (AvgIpc) is 3.38. The van der Waals surface area contributed by atoms with E-state index in [1.807, 2.05) is 0 Å². The molecular weight excluding hydrogens is 563 g/mol. The van der Waals surface area contributed by atoms with Gasteiger partial charge < -0.3 is 24.5 Å². The van der Waals surface area contributed by atoms with Crippen molar-refractivity contribution in [2.45, 2.75) is 37.8 Å². The minimum Gasteiger partial charge on any atom is -0.482 e. The third-order valence-corrected chi connectivity index (χ3v) is 10.2. The summed E-state index contributed by atoms with van der Waals surface area (Å²) in [6.07, 6.45) is 3.27. The number of sulfonamides is 1. The summed E-state index contributed by atoms with van der Waals surface area (Å²) >= 11 is 18.2.